The molecule has 0 spiro atoms. The Bertz CT molecular complexity index is 68.2. The highest BCUT2D eigenvalue weighted by Crippen LogP contribution is 2.27. The van der Waals surface area contributed by atoms with Crippen molar-refractivity contribution < 1.29 is 0 Å². The van der Waals surface area contributed by atoms with Crippen LogP contribution in [0.5, 0.6) is 0 Å². The zero-order chi connectivity index (χ0) is 7.11. The molecule has 0 bridgehead atoms. The molecule has 54 valence electrons. The van der Waals surface area contributed by atoms with Crippen molar-refractivity contribution in [2.75, 3.05) is 5.75 Å². The molecule has 9 heavy (non-hydrogen) atoms. The van der Waals surface area contributed by atoms with Gasteiger partial charge >= 0.3 is 0 Å². The first kappa shape index (κ1) is 9.44. The zero-order valence-corrected chi connectivity index (χ0v) is 7.89. The number of hydrogen-bond acceptors (Lipinski definition) is 2. The molecule has 0 saturated carbocycles. The summed E-state index contributed by atoms with van der Waals surface area (Å²) in [6.45, 7) is 6.50. The Labute approximate surface area is 65.9 Å². The van der Waals surface area contributed by atoms with Gasteiger partial charge in [-0.15, -0.1) is 0 Å². The molecule has 1 aliphatic rings. The van der Waals surface area contributed by atoms with Crippen molar-refractivity contribution in [3.05, 3.63) is 11.5 Å². The van der Waals surface area contributed by atoms with Crippen molar-refractivity contribution in [1.82, 2.24) is 0 Å². The third-order valence-electron chi connectivity index (χ3n) is 0.384. The van der Waals surface area contributed by atoms with Crippen LogP contribution in [0.15, 0.2) is 11.5 Å². The van der Waals surface area contributed by atoms with Crippen LogP contribution in [0.3, 0.4) is 0 Å². The van der Waals surface area contributed by atoms with Crippen LogP contribution in [-0.4, -0.2) is 5.75 Å². The van der Waals surface area contributed by atoms with E-state index in [-0.39, 0.29) is 0 Å². The molecule has 0 nitrogen and oxygen atoms in total. The molecule has 0 unspecified atom stereocenters. The lowest BCUT2D eigenvalue weighted by molar-refractivity contribution is 0.737. The first-order chi connectivity index (χ1) is 4.23. The van der Waals surface area contributed by atoms with Gasteiger partial charge in [-0.2, -0.15) is 0 Å². The van der Waals surface area contributed by atoms with Crippen LogP contribution >= 0.6 is 21.6 Å². The largest absolute Gasteiger partial charge is 0.0854 e. The highest BCUT2D eigenvalue weighted by atomic mass is 33.1. The molecule has 1 heterocycles. The van der Waals surface area contributed by atoms with Crippen molar-refractivity contribution in [3.63, 3.8) is 0 Å². The topological polar surface area (TPSA) is 0 Å². The molecule has 0 atom stereocenters. The van der Waals surface area contributed by atoms with Gasteiger partial charge in [0.05, 0.1) is 0 Å². The first-order valence-corrected chi connectivity index (χ1v) is 5.55. The Balaban J connectivity index is 0.000000148. The van der Waals surface area contributed by atoms with Crippen molar-refractivity contribution in [2.45, 2.75) is 20.8 Å². The van der Waals surface area contributed by atoms with Crippen LogP contribution in [0.25, 0.3) is 0 Å². The monoisotopic (exact) mass is 162 g/mol. The highest BCUT2D eigenvalue weighted by molar-refractivity contribution is 8.78. The van der Waals surface area contributed by atoms with Gasteiger partial charge < -0.3 is 0 Å². The molecule has 2 heteroatoms. The molecule has 0 aliphatic carbocycles. The van der Waals surface area contributed by atoms with E-state index in [0.29, 0.717) is 0 Å². The molecule has 0 aromatic rings. The highest BCUT2D eigenvalue weighted by Gasteiger charge is 1.85. The zero-order valence-electron chi connectivity index (χ0n) is 6.26. The summed E-state index contributed by atoms with van der Waals surface area (Å²) < 4.78 is 0. The van der Waals surface area contributed by atoms with Crippen LogP contribution < -0.4 is 0 Å². The quantitative estimate of drug-likeness (QED) is 0.500. The third-order valence-corrected chi connectivity index (χ3v) is 2.30. The molecular formula is C7H14S2. The van der Waals surface area contributed by atoms with Gasteiger partial charge in [-0.3, -0.25) is 0 Å². The minimum Gasteiger partial charge on any atom is -0.0854 e. The Morgan fingerprint density at radius 3 is 2.00 bits per heavy atom. The average Bonchev–Trinajstić information content (AvgIpc) is 2.11. The average molecular weight is 162 g/mol. The van der Waals surface area contributed by atoms with Gasteiger partial charge in [-0.05, 0) is 11.3 Å². The minimum atomic E-state index is 0.833. The van der Waals surface area contributed by atoms with Gasteiger partial charge in [0.2, 0.25) is 0 Å². The fourth-order valence-electron chi connectivity index (χ4n) is 0.196. The summed E-state index contributed by atoms with van der Waals surface area (Å²) in [5.74, 6) is 2.03. The predicted molar refractivity (Wildman–Crippen MR) is 49.7 cm³/mol. The van der Waals surface area contributed by atoms with Crippen LogP contribution in [0, 0.1) is 5.92 Å². The third kappa shape index (κ3) is 11.8. The van der Waals surface area contributed by atoms with Gasteiger partial charge in [0.1, 0.15) is 0 Å². The summed E-state index contributed by atoms with van der Waals surface area (Å²) in [6, 6.07) is 0. The van der Waals surface area contributed by atoms with E-state index in [1.165, 1.54) is 5.75 Å². The summed E-state index contributed by atoms with van der Waals surface area (Å²) in [5, 5.41) is 2.12. The summed E-state index contributed by atoms with van der Waals surface area (Å²) in [4.78, 5) is 0. The maximum Gasteiger partial charge on any atom is 0.0229 e. The Hall–Kier alpha value is 0.440. The predicted octanol–water partition coefficient (Wildman–Crippen LogP) is 3.56. The lowest BCUT2D eigenvalue weighted by Crippen LogP contribution is -1.66. The SMILES string of the molecule is C1=CSSC1.CC(C)C. The van der Waals surface area contributed by atoms with E-state index in [1.807, 2.05) is 21.6 Å². The lowest BCUT2D eigenvalue weighted by Gasteiger charge is -1.79. The van der Waals surface area contributed by atoms with Crippen LogP contribution in [0.4, 0.5) is 0 Å². The summed E-state index contributed by atoms with van der Waals surface area (Å²) in [5.41, 5.74) is 0. The van der Waals surface area contributed by atoms with E-state index >= 15 is 0 Å². The van der Waals surface area contributed by atoms with E-state index in [1.54, 1.807) is 0 Å². The summed E-state index contributed by atoms with van der Waals surface area (Å²) in [6.07, 6.45) is 2.16. The normalized spacial score (nSPS) is 15.6. The minimum absolute atomic E-state index is 0.833. The summed E-state index contributed by atoms with van der Waals surface area (Å²) in [7, 11) is 3.69. The van der Waals surface area contributed by atoms with E-state index in [4.69, 9.17) is 0 Å². The van der Waals surface area contributed by atoms with Crippen LogP contribution in [-0.2, 0) is 0 Å². The maximum atomic E-state index is 2.17. The Kier molecular flexibility index (Phi) is 6.88. The Morgan fingerprint density at radius 1 is 1.33 bits per heavy atom. The van der Waals surface area contributed by atoms with Crippen molar-refractivity contribution >= 4 is 21.6 Å². The van der Waals surface area contributed by atoms with Gasteiger partial charge in [0.15, 0.2) is 0 Å². The fraction of sp³-hybridized carbons (Fsp3) is 0.714. The maximum absolute atomic E-state index is 2.17. The van der Waals surface area contributed by atoms with Crippen LogP contribution in [0.1, 0.15) is 20.8 Å². The van der Waals surface area contributed by atoms with Crippen molar-refractivity contribution in [3.8, 4) is 0 Å². The second-order valence-corrected chi connectivity index (χ2v) is 4.80. The standard InChI is InChI=1S/C4H10.C3H4S2/c1-4(2)3;1-2-4-5-3-1/h4H,1-3H3;1-2H,3H2. The smallest absolute Gasteiger partial charge is 0.0229 e. The van der Waals surface area contributed by atoms with Crippen molar-refractivity contribution in [2.24, 2.45) is 5.92 Å². The molecule has 0 fully saturated rings. The molecule has 0 N–H and O–H groups in total. The summed E-state index contributed by atoms with van der Waals surface area (Å²) >= 11 is 0. The molecule has 0 aromatic carbocycles. The van der Waals surface area contributed by atoms with Crippen LogP contribution in [0.2, 0.25) is 0 Å². The van der Waals surface area contributed by atoms with Gasteiger partial charge in [0, 0.05) is 5.75 Å². The van der Waals surface area contributed by atoms with Crippen molar-refractivity contribution in [1.29, 1.82) is 0 Å². The van der Waals surface area contributed by atoms with Gasteiger partial charge in [0.25, 0.3) is 0 Å². The second-order valence-electron chi connectivity index (χ2n) is 2.48. The number of hydrogen-bond donors (Lipinski definition) is 0. The lowest BCUT2D eigenvalue weighted by atomic mass is 10.3. The molecule has 1 aliphatic heterocycles. The fourth-order valence-corrected chi connectivity index (χ4v) is 1.77. The molecule has 1 rings (SSSR count). The van der Waals surface area contributed by atoms with E-state index < -0.39 is 0 Å². The first-order valence-electron chi connectivity index (χ1n) is 3.16. The Morgan fingerprint density at radius 2 is 1.89 bits per heavy atom. The van der Waals surface area contributed by atoms with E-state index in [9.17, 15) is 0 Å². The molecule has 0 aromatic heterocycles. The molecular weight excluding hydrogens is 148 g/mol. The molecule has 0 amide bonds. The molecule has 0 saturated heterocycles. The van der Waals surface area contributed by atoms with E-state index in [2.05, 4.69) is 32.3 Å². The van der Waals surface area contributed by atoms with Gasteiger partial charge in [-0.25, -0.2) is 0 Å². The molecule has 0 radical (unpaired) electrons. The number of rotatable bonds is 0. The van der Waals surface area contributed by atoms with E-state index in [0.717, 1.165) is 5.92 Å². The second kappa shape index (κ2) is 6.56. The van der Waals surface area contributed by atoms with Gasteiger partial charge in [-0.1, -0.05) is 48.4 Å².